The molecular formula is C18H22N2O3. The van der Waals surface area contributed by atoms with Gasteiger partial charge in [0, 0.05) is 24.0 Å². The summed E-state index contributed by atoms with van der Waals surface area (Å²) in [6, 6.07) is 11.1. The SMILES string of the molecule is CC(C)NC(=O)[C@@H](C)Oc1ccc(OCc2cccnc2)cc1. The molecule has 5 heteroatoms. The highest BCUT2D eigenvalue weighted by atomic mass is 16.5. The minimum absolute atomic E-state index is 0.0943. The Hall–Kier alpha value is -2.56. The van der Waals surface area contributed by atoms with Crippen LogP contribution in [0.15, 0.2) is 48.8 Å². The molecule has 0 saturated carbocycles. The second-order valence-corrected chi connectivity index (χ2v) is 5.54. The number of ether oxygens (including phenoxy) is 2. The molecule has 0 unspecified atom stereocenters. The van der Waals surface area contributed by atoms with Gasteiger partial charge in [0.05, 0.1) is 0 Å². The quantitative estimate of drug-likeness (QED) is 0.853. The highest BCUT2D eigenvalue weighted by Gasteiger charge is 2.15. The van der Waals surface area contributed by atoms with Gasteiger partial charge >= 0.3 is 0 Å². The lowest BCUT2D eigenvalue weighted by Gasteiger charge is -2.16. The maximum Gasteiger partial charge on any atom is 0.260 e. The second kappa shape index (κ2) is 8.17. The van der Waals surface area contributed by atoms with E-state index < -0.39 is 6.10 Å². The second-order valence-electron chi connectivity index (χ2n) is 5.54. The molecule has 1 amide bonds. The molecule has 1 heterocycles. The van der Waals surface area contributed by atoms with E-state index in [2.05, 4.69) is 10.3 Å². The van der Waals surface area contributed by atoms with Crippen molar-refractivity contribution in [2.45, 2.75) is 39.5 Å². The average molecular weight is 314 g/mol. The zero-order valence-electron chi connectivity index (χ0n) is 13.7. The summed E-state index contributed by atoms with van der Waals surface area (Å²) in [5.74, 6) is 1.24. The van der Waals surface area contributed by atoms with Crippen LogP contribution < -0.4 is 14.8 Å². The van der Waals surface area contributed by atoms with Crippen molar-refractivity contribution in [2.24, 2.45) is 0 Å². The number of carbonyl (C=O) groups is 1. The molecule has 1 aromatic heterocycles. The summed E-state index contributed by atoms with van der Waals surface area (Å²) in [5.41, 5.74) is 1.01. The number of nitrogens with one attached hydrogen (secondary N) is 1. The molecule has 0 spiro atoms. The number of carbonyl (C=O) groups excluding carboxylic acids is 1. The number of benzene rings is 1. The molecule has 0 saturated heterocycles. The Bertz CT molecular complexity index is 612. The Labute approximate surface area is 136 Å². The normalized spacial score (nSPS) is 11.8. The first kappa shape index (κ1) is 16.8. The first-order valence-electron chi connectivity index (χ1n) is 7.63. The van der Waals surface area contributed by atoms with Crippen LogP contribution in [0.25, 0.3) is 0 Å². The van der Waals surface area contributed by atoms with Gasteiger partial charge in [0.1, 0.15) is 18.1 Å². The molecule has 0 bridgehead atoms. The Morgan fingerprint density at radius 3 is 2.43 bits per heavy atom. The van der Waals surface area contributed by atoms with E-state index in [0.29, 0.717) is 12.4 Å². The molecule has 0 radical (unpaired) electrons. The van der Waals surface area contributed by atoms with E-state index in [1.54, 1.807) is 31.5 Å². The van der Waals surface area contributed by atoms with Gasteiger partial charge in [0.15, 0.2) is 6.10 Å². The van der Waals surface area contributed by atoms with Gasteiger partial charge in [-0.3, -0.25) is 9.78 Å². The maximum atomic E-state index is 11.8. The van der Waals surface area contributed by atoms with Gasteiger partial charge in [-0.15, -0.1) is 0 Å². The molecule has 23 heavy (non-hydrogen) atoms. The van der Waals surface area contributed by atoms with E-state index in [4.69, 9.17) is 9.47 Å². The first-order chi connectivity index (χ1) is 11.0. The molecule has 1 atom stereocenters. The average Bonchev–Trinajstić information content (AvgIpc) is 2.54. The minimum Gasteiger partial charge on any atom is -0.489 e. The van der Waals surface area contributed by atoms with Gasteiger partial charge in [-0.25, -0.2) is 0 Å². The van der Waals surface area contributed by atoms with Crippen LogP contribution in [-0.4, -0.2) is 23.0 Å². The van der Waals surface area contributed by atoms with Gasteiger partial charge < -0.3 is 14.8 Å². The van der Waals surface area contributed by atoms with Crippen LogP contribution in [0.1, 0.15) is 26.3 Å². The zero-order chi connectivity index (χ0) is 16.7. The molecule has 0 aliphatic heterocycles. The van der Waals surface area contributed by atoms with Crippen LogP contribution in [0.5, 0.6) is 11.5 Å². The van der Waals surface area contributed by atoms with Gasteiger partial charge in [-0.2, -0.15) is 0 Å². The van der Waals surface area contributed by atoms with Crippen molar-refractivity contribution < 1.29 is 14.3 Å². The molecule has 0 fully saturated rings. The van der Waals surface area contributed by atoms with Crippen molar-refractivity contribution in [1.82, 2.24) is 10.3 Å². The highest BCUT2D eigenvalue weighted by Crippen LogP contribution is 2.19. The lowest BCUT2D eigenvalue weighted by molar-refractivity contribution is -0.127. The smallest absolute Gasteiger partial charge is 0.260 e. The largest absolute Gasteiger partial charge is 0.489 e. The predicted octanol–water partition coefficient (Wildman–Crippen LogP) is 2.95. The molecule has 2 aromatic rings. The molecule has 122 valence electrons. The van der Waals surface area contributed by atoms with Crippen molar-refractivity contribution in [3.63, 3.8) is 0 Å². The minimum atomic E-state index is -0.542. The number of nitrogens with zero attached hydrogens (tertiary/aromatic N) is 1. The fourth-order valence-electron chi connectivity index (χ4n) is 1.92. The van der Waals surface area contributed by atoms with Gasteiger partial charge in [-0.1, -0.05) is 6.07 Å². The van der Waals surface area contributed by atoms with E-state index in [1.807, 2.05) is 38.1 Å². The van der Waals surface area contributed by atoms with Crippen LogP contribution >= 0.6 is 0 Å². The van der Waals surface area contributed by atoms with Crippen LogP contribution in [0.3, 0.4) is 0 Å². The Balaban J connectivity index is 1.85. The van der Waals surface area contributed by atoms with E-state index in [1.165, 1.54) is 0 Å². The number of pyridine rings is 1. The molecule has 0 aliphatic carbocycles. The Kier molecular flexibility index (Phi) is 5.97. The van der Waals surface area contributed by atoms with Crippen molar-refractivity contribution in [2.75, 3.05) is 0 Å². The summed E-state index contributed by atoms with van der Waals surface area (Å²) in [7, 11) is 0. The molecular weight excluding hydrogens is 292 g/mol. The topological polar surface area (TPSA) is 60.5 Å². The van der Waals surface area contributed by atoms with Gasteiger partial charge in [-0.05, 0) is 51.1 Å². The van der Waals surface area contributed by atoms with Gasteiger partial charge in [0.2, 0.25) is 0 Å². The Morgan fingerprint density at radius 2 is 1.83 bits per heavy atom. The predicted molar refractivity (Wildman–Crippen MR) is 88.4 cm³/mol. The number of hydrogen-bond donors (Lipinski definition) is 1. The van der Waals surface area contributed by atoms with Crippen LogP contribution in [0.4, 0.5) is 0 Å². The van der Waals surface area contributed by atoms with Crippen molar-refractivity contribution in [3.05, 3.63) is 54.4 Å². The van der Waals surface area contributed by atoms with Crippen LogP contribution in [0, 0.1) is 0 Å². The third kappa shape index (κ3) is 5.62. The van der Waals surface area contributed by atoms with Crippen LogP contribution in [-0.2, 0) is 11.4 Å². The third-order valence-corrected chi connectivity index (χ3v) is 3.07. The highest BCUT2D eigenvalue weighted by molar-refractivity contribution is 5.80. The van der Waals surface area contributed by atoms with Gasteiger partial charge in [0.25, 0.3) is 5.91 Å². The molecule has 0 aliphatic rings. The van der Waals surface area contributed by atoms with Crippen LogP contribution in [0.2, 0.25) is 0 Å². The van der Waals surface area contributed by atoms with E-state index in [-0.39, 0.29) is 11.9 Å². The Morgan fingerprint density at radius 1 is 1.13 bits per heavy atom. The summed E-state index contributed by atoms with van der Waals surface area (Å²) in [6.45, 7) is 6.02. The third-order valence-electron chi connectivity index (χ3n) is 3.07. The number of aromatic nitrogens is 1. The summed E-state index contributed by atoms with van der Waals surface area (Å²) >= 11 is 0. The fourth-order valence-corrected chi connectivity index (χ4v) is 1.92. The van der Waals surface area contributed by atoms with E-state index >= 15 is 0 Å². The lowest BCUT2D eigenvalue weighted by atomic mass is 10.3. The molecule has 1 N–H and O–H groups in total. The molecule has 5 nitrogen and oxygen atoms in total. The van der Waals surface area contributed by atoms with E-state index in [9.17, 15) is 4.79 Å². The van der Waals surface area contributed by atoms with Crippen molar-refractivity contribution in [3.8, 4) is 11.5 Å². The number of rotatable bonds is 7. The summed E-state index contributed by atoms with van der Waals surface area (Å²) < 4.78 is 11.3. The maximum absolute atomic E-state index is 11.8. The fraction of sp³-hybridized carbons (Fsp3) is 0.333. The lowest BCUT2D eigenvalue weighted by Crippen LogP contribution is -2.39. The summed E-state index contributed by atoms with van der Waals surface area (Å²) in [4.78, 5) is 15.9. The first-order valence-corrected chi connectivity index (χ1v) is 7.63. The number of amides is 1. The molecule has 1 aromatic carbocycles. The number of hydrogen-bond acceptors (Lipinski definition) is 4. The summed E-state index contributed by atoms with van der Waals surface area (Å²) in [5, 5.41) is 2.82. The summed E-state index contributed by atoms with van der Waals surface area (Å²) in [6.07, 6.45) is 2.96. The monoisotopic (exact) mass is 314 g/mol. The molecule has 2 rings (SSSR count). The zero-order valence-corrected chi connectivity index (χ0v) is 13.7. The van der Waals surface area contributed by atoms with Crippen molar-refractivity contribution in [1.29, 1.82) is 0 Å². The van der Waals surface area contributed by atoms with E-state index in [0.717, 1.165) is 11.3 Å². The standard InChI is InChI=1S/C18H22N2O3/c1-13(2)20-18(21)14(3)23-17-8-6-16(7-9-17)22-12-15-5-4-10-19-11-15/h4-11,13-14H,12H2,1-3H3,(H,20,21)/t14-/m1/s1. The van der Waals surface area contributed by atoms with Crippen molar-refractivity contribution >= 4 is 5.91 Å².